The van der Waals surface area contributed by atoms with E-state index < -0.39 is 0 Å². The van der Waals surface area contributed by atoms with Gasteiger partial charge in [0.15, 0.2) is 0 Å². The van der Waals surface area contributed by atoms with E-state index in [0.717, 1.165) is 6.42 Å². The molecule has 2 fully saturated rings. The molecule has 2 rings (SSSR count). The second kappa shape index (κ2) is 3.59. The van der Waals surface area contributed by atoms with Crippen molar-refractivity contribution in [2.45, 2.75) is 38.6 Å². The molecular weight excluding hydrogens is 180 g/mol. The first-order valence-corrected chi connectivity index (χ1v) is 5.30. The molecule has 0 aromatic rings. The van der Waals surface area contributed by atoms with Gasteiger partial charge in [0.25, 0.3) is 5.91 Å². The monoisotopic (exact) mass is 196 g/mol. The van der Waals surface area contributed by atoms with E-state index in [1.807, 2.05) is 0 Å². The standard InChI is InChI=1S/C10H16N2O2/c1-6-4-2-3-5-7(6)8-9(13)12-10(14)11-8/h6-8H,2-5H2,1H3,(H2,11,12,13,14). The number of hydrogen-bond donors (Lipinski definition) is 2. The molecule has 3 amide bonds. The third-order valence-corrected chi connectivity index (χ3v) is 3.41. The number of carbonyl (C=O) groups is 2. The van der Waals surface area contributed by atoms with Gasteiger partial charge in [-0.05, 0) is 18.3 Å². The van der Waals surface area contributed by atoms with Crippen LogP contribution >= 0.6 is 0 Å². The molecule has 0 aromatic carbocycles. The van der Waals surface area contributed by atoms with Gasteiger partial charge in [0, 0.05) is 0 Å². The van der Waals surface area contributed by atoms with Crippen molar-refractivity contribution in [3.05, 3.63) is 0 Å². The molecule has 3 unspecified atom stereocenters. The Bertz CT molecular complexity index is 265. The van der Waals surface area contributed by atoms with Gasteiger partial charge in [-0.25, -0.2) is 4.79 Å². The van der Waals surface area contributed by atoms with Crippen LogP contribution in [0.25, 0.3) is 0 Å². The molecule has 78 valence electrons. The van der Waals surface area contributed by atoms with Crippen molar-refractivity contribution in [3.63, 3.8) is 0 Å². The molecule has 4 heteroatoms. The predicted molar refractivity (Wildman–Crippen MR) is 51.6 cm³/mol. The van der Waals surface area contributed by atoms with Gasteiger partial charge in [0.2, 0.25) is 0 Å². The fourth-order valence-corrected chi connectivity index (χ4v) is 2.57. The Morgan fingerprint density at radius 3 is 2.50 bits per heavy atom. The van der Waals surface area contributed by atoms with Crippen molar-refractivity contribution in [1.82, 2.24) is 10.6 Å². The van der Waals surface area contributed by atoms with Crippen LogP contribution in [0.2, 0.25) is 0 Å². The summed E-state index contributed by atoms with van der Waals surface area (Å²) in [6, 6.07) is -0.615. The summed E-state index contributed by atoms with van der Waals surface area (Å²) < 4.78 is 0. The van der Waals surface area contributed by atoms with E-state index >= 15 is 0 Å². The third kappa shape index (κ3) is 1.61. The molecule has 1 saturated carbocycles. The summed E-state index contributed by atoms with van der Waals surface area (Å²) in [6.07, 6.45) is 4.65. The highest BCUT2D eigenvalue weighted by Gasteiger charge is 2.39. The fraction of sp³-hybridized carbons (Fsp3) is 0.800. The Labute approximate surface area is 83.4 Å². The Balaban J connectivity index is 2.06. The molecule has 1 aliphatic heterocycles. The Kier molecular flexibility index (Phi) is 2.44. The Hall–Kier alpha value is -1.06. The molecule has 1 saturated heterocycles. The molecule has 0 bridgehead atoms. The van der Waals surface area contributed by atoms with E-state index in [4.69, 9.17) is 0 Å². The summed E-state index contributed by atoms with van der Waals surface area (Å²) in [6.45, 7) is 2.17. The highest BCUT2D eigenvalue weighted by molar-refractivity contribution is 6.04. The molecule has 4 nitrogen and oxygen atoms in total. The maximum absolute atomic E-state index is 11.4. The number of carbonyl (C=O) groups excluding carboxylic acids is 2. The quantitative estimate of drug-likeness (QED) is 0.615. The van der Waals surface area contributed by atoms with Crippen LogP contribution in [0.5, 0.6) is 0 Å². The smallest absolute Gasteiger partial charge is 0.322 e. The van der Waals surface area contributed by atoms with Crippen LogP contribution < -0.4 is 10.6 Å². The molecule has 0 radical (unpaired) electrons. The van der Waals surface area contributed by atoms with E-state index in [1.54, 1.807) is 0 Å². The van der Waals surface area contributed by atoms with Crippen LogP contribution in [0, 0.1) is 11.8 Å². The molecular formula is C10H16N2O2. The average molecular weight is 196 g/mol. The van der Waals surface area contributed by atoms with Crippen LogP contribution in [-0.2, 0) is 4.79 Å². The van der Waals surface area contributed by atoms with E-state index in [0.29, 0.717) is 11.8 Å². The lowest BCUT2D eigenvalue weighted by Gasteiger charge is -2.31. The summed E-state index contributed by atoms with van der Waals surface area (Å²) >= 11 is 0. The summed E-state index contributed by atoms with van der Waals surface area (Å²) in [5.74, 6) is 0.724. The van der Waals surface area contributed by atoms with Crippen LogP contribution in [0.4, 0.5) is 4.79 Å². The SMILES string of the molecule is CC1CCCCC1C1NC(=O)NC1=O. The molecule has 0 spiro atoms. The van der Waals surface area contributed by atoms with Gasteiger partial charge in [-0.3, -0.25) is 10.1 Å². The van der Waals surface area contributed by atoms with Gasteiger partial charge in [-0.2, -0.15) is 0 Å². The maximum atomic E-state index is 11.4. The minimum Gasteiger partial charge on any atom is -0.326 e. The van der Waals surface area contributed by atoms with E-state index in [9.17, 15) is 9.59 Å². The Morgan fingerprint density at radius 2 is 1.93 bits per heavy atom. The van der Waals surface area contributed by atoms with Crippen LogP contribution in [0.15, 0.2) is 0 Å². The van der Waals surface area contributed by atoms with E-state index in [2.05, 4.69) is 17.6 Å². The molecule has 2 aliphatic rings. The largest absolute Gasteiger partial charge is 0.326 e. The number of urea groups is 1. The second-order valence-corrected chi connectivity index (χ2v) is 4.37. The van der Waals surface area contributed by atoms with Gasteiger partial charge in [0.05, 0.1) is 0 Å². The van der Waals surface area contributed by atoms with Crippen molar-refractivity contribution in [1.29, 1.82) is 0 Å². The zero-order valence-corrected chi connectivity index (χ0v) is 8.38. The first kappa shape index (κ1) is 9.49. The molecule has 1 heterocycles. The fourth-order valence-electron chi connectivity index (χ4n) is 2.57. The summed E-state index contributed by atoms with van der Waals surface area (Å²) in [5, 5.41) is 5.00. The number of rotatable bonds is 1. The first-order valence-electron chi connectivity index (χ1n) is 5.30. The molecule has 14 heavy (non-hydrogen) atoms. The van der Waals surface area contributed by atoms with Crippen molar-refractivity contribution in [2.75, 3.05) is 0 Å². The minimum atomic E-state index is -0.335. The van der Waals surface area contributed by atoms with E-state index in [1.165, 1.54) is 19.3 Å². The van der Waals surface area contributed by atoms with Crippen molar-refractivity contribution in [2.24, 2.45) is 11.8 Å². The zero-order chi connectivity index (χ0) is 10.1. The number of amides is 3. The van der Waals surface area contributed by atoms with Crippen molar-refractivity contribution >= 4 is 11.9 Å². The lowest BCUT2D eigenvalue weighted by atomic mass is 9.76. The molecule has 3 atom stereocenters. The first-order chi connectivity index (χ1) is 6.68. The number of hydrogen-bond acceptors (Lipinski definition) is 2. The average Bonchev–Trinajstić information content (AvgIpc) is 2.46. The maximum Gasteiger partial charge on any atom is 0.322 e. The highest BCUT2D eigenvalue weighted by Crippen LogP contribution is 2.32. The summed E-state index contributed by atoms with van der Waals surface area (Å²) in [7, 11) is 0. The van der Waals surface area contributed by atoms with Gasteiger partial charge < -0.3 is 5.32 Å². The normalized spacial score (nSPS) is 37.9. The van der Waals surface area contributed by atoms with Gasteiger partial charge >= 0.3 is 6.03 Å². The zero-order valence-electron chi connectivity index (χ0n) is 8.38. The topological polar surface area (TPSA) is 58.2 Å². The number of nitrogens with one attached hydrogen (secondary N) is 2. The van der Waals surface area contributed by atoms with Crippen LogP contribution in [-0.4, -0.2) is 18.0 Å². The summed E-state index contributed by atoms with van der Waals surface area (Å²) in [4.78, 5) is 22.4. The third-order valence-electron chi connectivity index (χ3n) is 3.41. The molecule has 0 aromatic heterocycles. The number of imide groups is 1. The lowest BCUT2D eigenvalue weighted by Crippen LogP contribution is -2.41. The van der Waals surface area contributed by atoms with Crippen LogP contribution in [0.1, 0.15) is 32.6 Å². The van der Waals surface area contributed by atoms with Gasteiger partial charge in [-0.15, -0.1) is 0 Å². The highest BCUT2D eigenvalue weighted by atomic mass is 16.2. The van der Waals surface area contributed by atoms with E-state index in [-0.39, 0.29) is 18.0 Å². The van der Waals surface area contributed by atoms with Crippen molar-refractivity contribution < 1.29 is 9.59 Å². The van der Waals surface area contributed by atoms with Gasteiger partial charge in [0.1, 0.15) is 6.04 Å². The molecule has 1 aliphatic carbocycles. The minimum absolute atomic E-state index is 0.145. The Morgan fingerprint density at radius 1 is 1.21 bits per heavy atom. The van der Waals surface area contributed by atoms with Crippen LogP contribution in [0.3, 0.4) is 0 Å². The molecule has 2 N–H and O–H groups in total. The predicted octanol–water partition coefficient (Wildman–Crippen LogP) is 1.02. The second-order valence-electron chi connectivity index (χ2n) is 4.37. The van der Waals surface area contributed by atoms with Gasteiger partial charge in [-0.1, -0.05) is 26.2 Å². The lowest BCUT2D eigenvalue weighted by molar-refractivity contribution is -0.122. The summed E-state index contributed by atoms with van der Waals surface area (Å²) in [5.41, 5.74) is 0. The van der Waals surface area contributed by atoms with Crippen molar-refractivity contribution in [3.8, 4) is 0 Å².